The number of pyridine rings is 1. The highest BCUT2D eigenvalue weighted by molar-refractivity contribution is 7.80. The van der Waals surface area contributed by atoms with E-state index in [2.05, 4.69) is 27.7 Å². The fourth-order valence-electron chi connectivity index (χ4n) is 1.84. The zero-order valence-electron chi connectivity index (χ0n) is 11.9. The number of ether oxygens (including phenoxy) is 1. The summed E-state index contributed by atoms with van der Waals surface area (Å²) < 4.78 is 6.50. The van der Waals surface area contributed by atoms with Crippen LogP contribution in [0.2, 0.25) is 0 Å². The normalized spacial score (nSPS) is 10.6. The lowest BCUT2D eigenvalue weighted by atomic mass is 10.3. The van der Waals surface area contributed by atoms with Crippen molar-refractivity contribution in [3.63, 3.8) is 0 Å². The Morgan fingerprint density at radius 1 is 1.50 bits per heavy atom. The lowest BCUT2D eigenvalue weighted by Crippen LogP contribution is -2.24. The second-order valence-electron chi connectivity index (χ2n) is 4.30. The standard InChI is InChI=1S/C14H15N5O2S/c1-21-13(20)12-6-3-7-19(12)9-11-5-2-4-10(17-11)8-16-18-14(15)22/h2-8H,9H2,1H3,(H3,15,18,22)/b16-8+. The van der Waals surface area contributed by atoms with Gasteiger partial charge in [-0.2, -0.15) is 5.10 Å². The maximum absolute atomic E-state index is 11.6. The Labute approximate surface area is 132 Å². The predicted molar refractivity (Wildman–Crippen MR) is 86.6 cm³/mol. The van der Waals surface area contributed by atoms with Crippen molar-refractivity contribution in [2.75, 3.05) is 7.11 Å². The number of nitrogens with one attached hydrogen (secondary N) is 1. The highest BCUT2D eigenvalue weighted by Gasteiger charge is 2.11. The van der Waals surface area contributed by atoms with Gasteiger partial charge in [-0.25, -0.2) is 9.78 Å². The van der Waals surface area contributed by atoms with Crippen LogP contribution in [0.5, 0.6) is 0 Å². The molecule has 2 aromatic heterocycles. The molecule has 0 amide bonds. The number of nitrogens with zero attached hydrogens (tertiary/aromatic N) is 3. The summed E-state index contributed by atoms with van der Waals surface area (Å²) in [5, 5.41) is 3.94. The number of rotatable bonds is 5. The summed E-state index contributed by atoms with van der Waals surface area (Å²) in [4.78, 5) is 16.1. The molecule has 0 aromatic carbocycles. The van der Waals surface area contributed by atoms with Crippen LogP contribution in [0.4, 0.5) is 0 Å². The molecular weight excluding hydrogens is 302 g/mol. The molecule has 0 aliphatic heterocycles. The maximum Gasteiger partial charge on any atom is 0.354 e. The largest absolute Gasteiger partial charge is 0.464 e. The molecule has 0 spiro atoms. The quantitative estimate of drug-likeness (QED) is 0.368. The number of hydrogen-bond donors (Lipinski definition) is 2. The van der Waals surface area contributed by atoms with Crippen molar-refractivity contribution in [1.29, 1.82) is 0 Å². The van der Waals surface area contributed by atoms with Gasteiger partial charge in [0, 0.05) is 6.20 Å². The Kier molecular flexibility index (Phi) is 5.21. The molecule has 0 radical (unpaired) electrons. The molecule has 2 aromatic rings. The van der Waals surface area contributed by atoms with Gasteiger partial charge in [-0.15, -0.1) is 0 Å². The number of esters is 1. The molecule has 8 heteroatoms. The highest BCUT2D eigenvalue weighted by atomic mass is 32.1. The average Bonchev–Trinajstić information content (AvgIpc) is 2.94. The number of thiocarbonyl (C=S) groups is 1. The van der Waals surface area contributed by atoms with Crippen LogP contribution in [0.15, 0.2) is 41.6 Å². The van der Waals surface area contributed by atoms with Crippen molar-refractivity contribution in [2.45, 2.75) is 6.54 Å². The van der Waals surface area contributed by atoms with E-state index < -0.39 is 0 Å². The zero-order valence-corrected chi connectivity index (χ0v) is 12.7. The molecule has 0 fully saturated rings. The SMILES string of the molecule is COC(=O)c1cccn1Cc1cccc(/C=N/NC(N)=S)n1. The van der Waals surface area contributed by atoms with Gasteiger partial charge in [0.2, 0.25) is 0 Å². The van der Waals surface area contributed by atoms with Crippen molar-refractivity contribution in [1.82, 2.24) is 15.0 Å². The fourth-order valence-corrected chi connectivity index (χ4v) is 1.89. The van der Waals surface area contributed by atoms with E-state index >= 15 is 0 Å². The molecule has 0 saturated heterocycles. The molecule has 7 nitrogen and oxygen atoms in total. The molecule has 114 valence electrons. The van der Waals surface area contributed by atoms with Crippen LogP contribution >= 0.6 is 12.2 Å². The zero-order chi connectivity index (χ0) is 15.9. The minimum absolute atomic E-state index is 0.0856. The first-order valence-corrected chi connectivity index (χ1v) is 6.79. The molecule has 0 saturated carbocycles. The van der Waals surface area contributed by atoms with Gasteiger partial charge in [0.15, 0.2) is 5.11 Å². The minimum Gasteiger partial charge on any atom is -0.464 e. The van der Waals surface area contributed by atoms with E-state index in [0.29, 0.717) is 17.9 Å². The van der Waals surface area contributed by atoms with Gasteiger partial charge in [-0.05, 0) is 36.5 Å². The summed E-state index contributed by atoms with van der Waals surface area (Å²) in [6, 6.07) is 8.99. The van der Waals surface area contributed by atoms with Crippen molar-refractivity contribution in [3.05, 3.63) is 53.6 Å². The van der Waals surface area contributed by atoms with Gasteiger partial charge in [-0.3, -0.25) is 5.43 Å². The third kappa shape index (κ3) is 4.13. The summed E-state index contributed by atoms with van der Waals surface area (Å²) in [5.74, 6) is -0.386. The van der Waals surface area contributed by atoms with Crippen molar-refractivity contribution in [2.24, 2.45) is 10.8 Å². The van der Waals surface area contributed by atoms with Crippen molar-refractivity contribution >= 4 is 29.5 Å². The van der Waals surface area contributed by atoms with Crippen LogP contribution in [0.25, 0.3) is 0 Å². The number of aromatic nitrogens is 2. The first-order valence-electron chi connectivity index (χ1n) is 6.38. The van der Waals surface area contributed by atoms with E-state index in [9.17, 15) is 4.79 Å². The molecule has 0 unspecified atom stereocenters. The van der Waals surface area contributed by atoms with E-state index in [4.69, 9.17) is 10.5 Å². The number of hydrogen-bond acceptors (Lipinski definition) is 5. The number of nitrogens with two attached hydrogens (primary N) is 1. The summed E-state index contributed by atoms with van der Waals surface area (Å²) in [5.41, 5.74) is 9.63. The maximum atomic E-state index is 11.6. The number of methoxy groups -OCH3 is 1. The van der Waals surface area contributed by atoms with Gasteiger partial charge in [0.1, 0.15) is 5.69 Å². The van der Waals surface area contributed by atoms with Gasteiger partial charge >= 0.3 is 5.97 Å². The molecule has 0 atom stereocenters. The van der Waals surface area contributed by atoms with Gasteiger partial charge in [0.25, 0.3) is 0 Å². The molecule has 0 aliphatic rings. The predicted octanol–water partition coefficient (Wildman–Crippen LogP) is 0.885. The van der Waals surface area contributed by atoms with E-state index in [1.807, 2.05) is 12.1 Å². The van der Waals surface area contributed by atoms with Crippen LogP contribution in [0.3, 0.4) is 0 Å². The lowest BCUT2D eigenvalue weighted by Gasteiger charge is -2.07. The Hall–Kier alpha value is -2.74. The van der Waals surface area contributed by atoms with Crippen LogP contribution in [0.1, 0.15) is 21.9 Å². The number of carbonyl (C=O) groups excluding carboxylic acids is 1. The smallest absolute Gasteiger partial charge is 0.354 e. The summed E-state index contributed by atoms with van der Waals surface area (Å²) in [6.45, 7) is 0.446. The average molecular weight is 317 g/mol. The molecule has 22 heavy (non-hydrogen) atoms. The van der Waals surface area contributed by atoms with E-state index in [1.165, 1.54) is 13.3 Å². The van der Waals surface area contributed by atoms with E-state index in [-0.39, 0.29) is 11.1 Å². The van der Waals surface area contributed by atoms with Crippen LogP contribution in [-0.4, -0.2) is 34.0 Å². The second kappa shape index (κ2) is 7.32. The summed E-state index contributed by atoms with van der Waals surface area (Å²) in [7, 11) is 1.35. The Bertz CT molecular complexity index is 711. The first-order chi connectivity index (χ1) is 10.6. The molecule has 0 aliphatic carbocycles. The third-order valence-corrected chi connectivity index (χ3v) is 2.85. The minimum atomic E-state index is -0.386. The second-order valence-corrected chi connectivity index (χ2v) is 4.74. The van der Waals surface area contributed by atoms with Crippen molar-refractivity contribution in [3.8, 4) is 0 Å². The molecule has 2 heterocycles. The van der Waals surface area contributed by atoms with E-state index in [0.717, 1.165) is 5.69 Å². The van der Waals surface area contributed by atoms with Gasteiger partial charge < -0.3 is 15.0 Å². The summed E-state index contributed by atoms with van der Waals surface area (Å²) in [6.07, 6.45) is 3.31. The first kappa shape index (κ1) is 15.6. The Balaban J connectivity index is 2.14. The Morgan fingerprint density at radius 3 is 3.05 bits per heavy atom. The van der Waals surface area contributed by atoms with Crippen LogP contribution in [-0.2, 0) is 11.3 Å². The molecule has 0 bridgehead atoms. The molecule has 2 rings (SSSR count). The Morgan fingerprint density at radius 2 is 2.32 bits per heavy atom. The van der Waals surface area contributed by atoms with Crippen LogP contribution in [0, 0.1) is 0 Å². The lowest BCUT2D eigenvalue weighted by molar-refractivity contribution is 0.0589. The topological polar surface area (TPSA) is 94.5 Å². The summed E-state index contributed by atoms with van der Waals surface area (Å²) >= 11 is 4.65. The number of hydrazone groups is 1. The van der Waals surface area contributed by atoms with Gasteiger partial charge in [0.05, 0.1) is 31.3 Å². The molecular formula is C14H15N5O2S. The van der Waals surface area contributed by atoms with E-state index in [1.54, 1.807) is 29.0 Å². The fraction of sp³-hybridized carbons (Fsp3) is 0.143. The van der Waals surface area contributed by atoms with Gasteiger partial charge in [-0.1, -0.05) is 6.07 Å². The molecule has 3 N–H and O–H groups in total. The van der Waals surface area contributed by atoms with Crippen LogP contribution < -0.4 is 11.2 Å². The number of carbonyl (C=O) groups is 1. The van der Waals surface area contributed by atoms with Crippen molar-refractivity contribution < 1.29 is 9.53 Å². The monoisotopic (exact) mass is 317 g/mol. The third-order valence-electron chi connectivity index (χ3n) is 2.76. The highest BCUT2D eigenvalue weighted by Crippen LogP contribution is 2.08.